The van der Waals surface area contributed by atoms with Crippen molar-refractivity contribution in [2.75, 3.05) is 5.32 Å². The zero-order valence-corrected chi connectivity index (χ0v) is 23.0. The second-order valence-electron chi connectivity index (χ2n) is 9.18. The first-order chi connectivity index (χ1) is 21.1. The van der Waals surface area contributed by atoms with Gasteiger partial charge in [-0.15, -0.1) is 0 Å². The second-order valence-corrected chi connectivity index (χ2v) is 9.18. The number of rotatable bonds is 10. The summed E-state index contributed by atoms with van der Waals surface area (Å²) in [5, 5.41) is 28.8. The number of anilines is 1. The average molecular weight is 594 g/mol. The number of nitro benzene ring substituents is 2. The van der Waals surface area contributed by atoms with E-state index in [0.29, 0.717) is 16.8 Å². The van der Waals surface area contributed by atoms with E-state index in [9.17, 15) is 34.6 Å². The maximum atomic E-state index is 12.6. The Kier molecular flexibility index (Phi) is 9.63. The molecule has 0 saturated carbocycles. The molecule has 44 heavy (non-hydrogen) atoms. The van der Waals surface area contributed by atoms with Crippen LogP contribution in [0.2, 0.25) is 0 Å². The van der Waals surface area contributed by atoms with E-state index in [1.165, 1.54) is 42.5 Å². The van der Waals surface area contributed by atoms with Crippen molar-refractivity contribution < 1.29 is 29.0 Å². The lowest BCUT2D eigenvalue weighted by Crippen LogP contribution is -2.18. The Morgan fingerprint density at radius 3 is 2.11 bits per heavy atom. The molecule has 0 spiro atoms. The first-order valence-electron chi connectivity index (χ1n) is 12.8. The van der Waals surface area contributed by atoms with Crippen molar-refractivity contribution in [3.63, 3.8) is 0 Å². The number of hydrogen-bond donors (Lipinski definition) is 2. The molecule has 4 rings (SSSR count). The van der Waals surface area contributed by atoms with Crippen molar-refractivity contribution in [3.05, 3.63) is 145 Å². The van der Waals surface area contributed by atoms with Gasteiger partial charge in [0, 0.05) is 52.7 Å². The Morgan fingerprint density at radius 2 is 1.43 bits per heavy atom. The molecule has 13 heteroatoms. The number of benzene rings is 4. The van der Waals surface area contributed by atoms with Gasteiger partial charge in [-0.3, -0.25) is 29.8 Å². The lowest BCUT2D eigenvalue weighted by atomic mass is 10.1. The summed E-state index contributed by atoms with van der Waals surface area (Å²) in [7, 11) is 0. The van der Waals surface area contributed by atoms with Gasteiger partial charge in [0.15, 0.2) is 0 Å². The highest BCUT2D eigenvalue weighted by atomic mass is 16.6. The van der Waals surface area contributed by atoms with E-state index < -0.39 is 21.7 Å². The minimum atomic E-state index is -0.862. The summed E-state index contributed by atoms with van der Waals surface area (Å²) in [6, 6.07) is 22.1. The molecule has 0 aliphatic carbocycles. The van der Waals surface area contributed by atoms with Gasteiger partial charge in [0.1, 0.15) is 5.75 Å². The quantitative estimate of drug-likeness (QED) is 0.0607. The molecule has 0 radical (unpaired) electrons. The molecule has 0 unspecified atom stereocenters. The minimum absolute atomic E-state index is 0.0192. The van der Waals surface area contributed by atoms with Gasteiger partial charge in [-0.2, -0.15) is 5.10 Å². The SMILES string of the molecule is Cc1ccc(C(=O)Nc2ccc(C(=O)N/N=C/c3cc([N+](=O)[O-])ccc3OC(=O)/C=C/c3cccc([N+](=O)[O-])c3)cc2)cc1. The largest absolute Gasteiger partial charge is 0.423 e. The molecule has 13 nitrogen and oxygen atoms in total. The summed E-state index contributed by atoms with van der Waals surface area (Å²) in [6.07, 6.45) is 3.43. The lowest BCUT2D eigenvalue weighted by Gasteiger charge is -2.07. The normalized spacial score (nSPS) is 10.8. The molecule has 0 heterocycles. The number of nitrogens with zero attached hydrogens (tertiary/aromatic N) is 3. The number of hydrogen-bond acceptors (Lipinski definition) is 9. The monoisotopic (exact) mass is 593 g/mol. The van der Waals surface area contributed by atoms with E-state index in [1.54, 1.807) is 30.3 Å². The zero-order valence-electron chi connectivity index (χ0n) is 23.0. The number of nitro groups is 2. The van der Waals surface area contributed by atoms with Crippen LogP contribution in [0.1, 0.15) is 37.4 Å². The Hall–Kier alpha value is -6.50. The Balaban J connectivity index is 1.41. The minimum Gasteiger partial charge on any atom is -0.423 e. The predicted octanol–water partition coefficient (Wildman–Crippen LogP) is 5.45. The summed E-state index contributed by atoms with van der Waals surface area (Å²) in [6.45, 7) is 1.92. The van der Waals surface area contributed by atoms with Crippen molar-refractivity contribution >= 4 is 47.1 Å². The van der Waals surface area contributed by atoms with Crippen LogP contribution in [0.25, 0.3) is 6.08 Å². The van der Waals surface area contributed by atoms with Gasteiger partial charge >= 0.3 is 5.97 Å². The van der Waals surface area contributed by atoms with Crippen LogP contribution in [-0.2, 0) is 4.79 Å². The molecule has 0 atom stereocenters. The van der Waals surface area contributed by atoms with Gasteiger partial charge in [-0.05, 0) is 61.0 Å². The third-order valence-corrected chi connectivity index (χ3v) is 6.00. The molecule has 0 aliphatic rings. The van der Waals surface area contributed by atoms with Gasteiger partial charge in [0.05, 0.1) is 16.1 Å². The summed E-state index contributed by atoms with van der Waals surface area (Å²) in [5.41, 5.74) is 4.42. The van der Waals surface area contributed by atoms with Gasteiger partial charge in [-0.25, -0.2) is 10.2 Å². The third kappa shape index (κ3) is 8.27. The number of aryl methyl sites for hydroxylation is 1. The van der Waals surface area contributed by atoms with Crippen LogP contribution in [0.3, 0.4) is 0 Å². The highest BCUT2D eigenvalue weighted by molar-refractivity contribution is 6.04. The second kappa shape index (κ2) is 13.9. The number of non-ortho nitro benzene ring substituents is 2. The number of carbonyl (C=O) groups excluding carboxylic acids is 3. The number of carbonyl (C=O) groups is 3. The van der Waals surface area contributed by atoms with Crippen LogP contribution in [0.4, 0.5) is 17.1 Å². The number of esters is 1. The van der Waals surface area contributed by atoms with Gasteiger partial charge in [0.2, 0.25) is 0 Å². The highest BCUT2D eigenvalue weighted by Crippen LogP contribution is 2.23. The molecular weight excluding hydrogens is 570 g/mol. The number of amides is 2. The molecule has 0 aromatic heterocycles. The molecule has 2 N–H and O–H groups in total. The molecule has 220 valence electrons. The molecule has 0 aliphatic heterocycles. The summed E-state index contributed by atoms with van der Waals surface area (Å²) >= 11 is 0. The van der Waals surface area contributed by atoms with Crippen LogP contribution < -0.4 is 15.5 Å². The summed E-state index contributed by atoms with van der Waals surface area (Å²) in [4.78, 5) is 58.4. The van der Waals surface area contributed by atoms with Gasteiger partial charge in [-0.1, -0.05) is 29.8 Å². The maximum Gasteiger partial charge on any atom is 0.336 e. The third-order valence-electron chi connectivity index (χ3n) is 6.00. The van der Waals surface area contributed by atoms with Gasteiger partial charge in [0.25, 0.3) is 23.2 Å². The van der Waals surface area contributed by atoms with Crippen molar-refractivity contribution in [2.45, 2.75) is 6.92 Å². The topological polar surface area (TPSA) is 183 Å². The molecule has 4 aromatic carbocycles. The van der Waals surface area contributed by atoms with Crippen molar-refractivity contribution in [1.29, 1.82) is 0 Å². The van der Waals surface area contributed by atoms with Crippen LogP contribution in [0.15, 0.2) is 102 Å². The highest BCUT2D eigenvalue weighted by Gasteiger charge is 2.14. The number of hydrazone groups is 1. The van der Waals surface area contributed by atoms with Crippen LogP contribution in [0.5, 0.6) is 5.75 Å². The Bertz CT molecular complexity index is 1800. The predicted molar refractivity (Wildman–Crippen MR) is 161 cm³/mol. The fourth-order valence-corrected chi connectivity index (χ4v) is 3.73. The molecule has 0 saturated heterocycles. The Labute approximate surface area is 249 Å². The molecular formula is C31H23N5O8. The van der Waals surface area contributed by atoms with E-state index in [4.69, 9.17) is 4.74 Å². The van der Waals surface area contributed by atoms with Gasteiger partial charge < -0.3 is 10.1 Å². The van der Waals surface area contributed by atoms with E-state index in [-0.39, 0.29) is 34.2 Å². The fraction of sp³-hybridized carbons (Fsp3) is 0.0323. The first kappa shape index (κ1) is 30.5. The summed E-state index contributed by atoms with van der Waals surface area (Å²) in [5.74, 6) is -1.86. The van der Waals surface area contributed by atoms with E-state index in [1.807, 2.05) is 19.1 Å². The lowest BCUT2D eigenvalue weighted by molar-refractivity contribution is -0.385. The van der Waals surface area contributed by atoms with Crippen molar-refractivity contribution in [3.8, 4) is 5.75 Å². The fourth-order valence-electron chi connectivity index (χ4n) is 3.73. The van der Waals surface area contributed by atoms with Crippen molar-refractivity contribution in [2.24, 2.45) is 5.10 Å². The van der Waals surface area contributed by atoms with Crippen molar-refractivity contribution in [1.82, 2.24) is 5.43 Å². The standard InChI is InChI=1S/C31H23N5O8/c1-20-5-8-22(9-6-20)30(38)33-25-12-10-23(11-13-25)31(39)34-32-19-24-18-27(36(42)43)14-15-28(24)44-29(37)16-7-21-3-2-4-26(17-21)35(40)41/h2-19H,1H3,(H,33,38)(H,34,39)/b16-7+,32-19+. The summed E-state index contributed by atoms with van der Waals surface area (Å²) < 4.78 is 5.28. The molecule has 0 fully saturated rings. The van der Waals surface area contributed by atoms with Crippen LogP contribution in [0, 0.1) is 27.2 Å². The van der Waals surface area contributed by atoms with E-state index in [2.05, 4.69) is 15.8 Å². The maximum absolute atomic E-state index is 12.6. The van der Waals surface area contributed by atoms with E-state index in [0.717, 1.165) is 30.0 Å². The van der Waals surface area contributed by atoms with Crippen LogP contribution in [-0.4, -0.2) is 33.8 Å². The molecule has 2 amide bonds. The average Bonchev–Trinajstić information content (AvgIpc) is 3.01. The Morgan fingerprint density at radius 1 is 0.795 bits per heavy atom. The smallest absolute Gasteiger partial charge is 0.336 e. The number of ether oxygens (including phenoxy) is 1. The zero-order chi connectivity index (χ0) is 31.6. The van der Waals surface area contributed by atoms with E-state index >= 15 is 0 Å². The first-order valence-corrected chi connectivity index (χ1v) is 12.8. The van der Waals surface area contributed by atoms with Crippen LogP contribution >= 0.6 is 0 Å². The number of nitrogens with one attached hydrogen (secondary N) is 2. The molecule has 0 bridgehead atoms. The molecule has 4 aromatic rings.